The van der Waals surface area contributed by atoms with Crippen LogP contribution in [0, 0.1) is 5.92 Å². The zero-order valence-electron chi connectivity index (χ0n) is 14.6. The van der Waals surface area contributed by atoms with Crippen molar-refractivity contribution in [2.45, 2.75) is 33.6 Å². The van der Waals surface area contributed by atoms with Gasteiger partial charge in [0.1, 0.15) is 5.75 Å². The van der Waals surface area contributed by atoms with Gasteiger partial charge in [0.15, 0.2) is 0 Å². The third-order valence-electron chi connectivity index (χ3n) is 3.67. The van der Waals surface area contributed by atoms with E-state index in [4.69, 9.17) is 4.74 Å². The van der Waals surface area contributed by atoms with Gasteiger partial charge in [-0.05, 0) is 30.4 Å². The second-order valence-electron chi connectivity index (χ2n) is 6.03. The number of ether oxygens (including phenoxy) is 1. The molecule has 0 radical (unpaired) electrons. The number of carbonyl (C=O) groups is 2. The summed E-state index contributed by atoms with van der Waals surface area (Å²) in [4.78, 5) is 25.2. The van der Waals surface area contributed by atoms with E-state index in [1.807, 2.05) is 24.3 Å². The van der Waals surface area contributed by atoms with Gasteiger partial charge in [-0.25, -0.2) is 0 Å². The highest BCUT2D eigenvalue weighted by Gasteiger charge is 2.13. The van der Waals surface area contributed by atoms with Gasteiger partial charge in [0.05, 0.1) is 13.7 Å². The average Bonchev–Trinajstić information content (AvgIpc) is 2.51. The van der Waals surface area contributed by atoms with Crippen molar-refractivity contribution in [3.05, 3.63) is 29.8 Å². The van der Waals surface area contributed by atoms with Gasteiger partial charge in [-0.3, -0.25) is 9.59 Å². The molecule has 0 fully saturated rings. The van der Waals surface area contributed by atoms with Crippen LogP contribution in [-0.4, -0.2) is 43.5 Å². The summed E-state index contributed by atoms with van der Waals surface area (Å²) in [6.07, 6.45) is 1.59. The van der Waals surface area contributed by atoms with Gasteiger partial charge in [0.25, 0.3) is 0 Å². The Kier molecular flexibility index (Phi) is 8.16. The van der Waals surface area contributed by atoms with Crippen molar-refractivity contribution in [3.63, 3.8) is 0 Å². The topological polar surface area (TPSA) is 58.6 Å². The van der Waals surface area contributed by atoms with Gasteiger partial charge in [-0.1, -0.05) is 32.0 Å². The fraction of sp³-hybridized carbons (Fsp3) is 0.556. The van der Waals surface area contributed by atoms with E-state index in [0.29, 0.717) is 25.4 Å². The largest absolute Gasteiger partial charge is 0.496 e. The molecule has 0 saturated carbocycles. The number of hydrogen-bond acceptors (Lipinski definition) is 3. The fourth-order valence-electron chi connectivity index (χ4n) is 2.24. The summed E-state index contributed by atoms with van der Waals surface area (Å²) in [6, 6.07) is 7.75. The first-order chi connectivity index (χ1) is 10.9. The maximum atomic E-state index is 12.0. The second-order valence-corrected chi connectivity index (χ2v) is 6.03. The van der Waals surface area contributed by atoms with Crippen molar-refractivity contribution in [1.82, 2.24) is 10.2 Å². The van der Waals surface area contributed by atoms with Crippen LogP contribution in [0.5, 0.6) is 5.75 Å². The molecule has 0 heterocycles. The molecule has 0 atom stereocenters. The van der Waals surface area contributed by atoms with Gasteiger partial charge in [0, 0.05) is 20.0 Å². The van der Waals surface area contributed by atoms with Gasteiger partial charge in [-0.15, -0.1) is 0 Å². The van der Waals surface area contributed by atoms with E-state index in [0.717, 1.165) is 17.7 Å². The van der Waals surface area contributed by atoms with Crippen LogP contribution in [0.1, 0.15) is 32.8 Å². The third-order valence-corrected chi connectivity index (χ3v) is 3.67. The molecule has 5 nitrogen and oxygen atoms in total. The minimum absolute atomic E-state index is 0.0643. The molecule has 23 heavy (non-hydrogen) atoms. The molecule has 5 heteroatoms. The van der Waals surface area contributed by atoms with Crippen molar-refractivity contribution < 1.29 is 14.3 Å². The lowest BCUT2D eigenvalue weighted by Crippen LogP contribution is -2.41. The van der Waals surface area contributed by atoms with Gasteiger partial charge >= 0.3 is 0 Å². The van der Waals surface area contributed by atoms with Crippen LogP contribution in [0.15, 0.2) is 24.3 Å². The molecule has 0 aromatic heterocycles. The Morgan fingerprint density at radius 2 is 1.96 bits per heavy atom. The van der Waals surface area contributed by atoms with Crippen molar-refractivity contribution in [1.29, 1.82) is 0 Å². The van der Waals surface area contributed by atoms with E-state index in [1.54, 1.807) is 12.0 Å². The number of nitrogens with one attached hydrogen (secondary N) is 1. The molecule has 0 aliphatic heterocycles. The lowest BCUT2D eigenvalue weighted by molar-refractivity contribution is -0.134. The van der Waals surface area contributed by atoms with Crippen LogP contribution in [0.2, 0.25) is 0 Å². The Bertz CT molecular complexity index is 515. The number of rotatable bonds is 9. The summed E-state index contributed by atoms with van der Waals surface area (Å²) in [5.74, 6) is 1.14. The molecule has 2 amide bonds. The Morgan fingerprint density at radius 3 is 2.57 bits per heavy atom. The minimum atomic E-state index is -0.126. The summed E-state index contributed by atoms with van der Waals surface area (Å²) in [5, 5.41) is 2.87. The van der Waals surface area contributed by atoms with Crippen LogP contribution in [0.4, 0.5) is 0 Å². The highest BCUT2D eigenvalue weighted by molar-refractivity contribution is 5.83. The Morgan fingerprint density at radius 1 is 1.26 bits per heavy atom. The molecule has 0 spiro atoms. The summed E-state index contributed by atoms with van der Waals surface area (Å²) in [7, 11) is 1.64. The van der Waals surface area contributed by atoms with Crippen LogP contribution < -0.4 is 10.1 Å². The quantitative estimate of drug-likeness (QED) is 0.759. The molecule has 0 unspecified atom stereocenters. The summed E-state index contributed by atoms with van der Waals surface area (Å²) in [6.45, 7) is 6.97. The summed E-state index contributed by atoms with van der Waals surface area (Å²) in [5.41, 5.74) is 1.05. The molecule has 0 saturated heterocycles. The van der Waals surface area contributed by atoms with E-state index in [1.165, 1.54) is 6.92 Å². The van der Waals surface area contributed by atoms with Gasteiger partial charge in [-0.2, -0.15) is 0 Å². The molecule has 1 aromatic carbocycles. The average molecular weight is 320 g/mol. The van der Waals surface area contributed by atoms with E-state index >= 15 is 0 Å². The second kappa shape index (κ2) is 9.87. The van der Waals surface area contributed by atoms with E-state index in [2.05, 4.69) is 19.2 Å². The Labute approximate surface area is 139 Å². The van der Waals surface area contributed by atoms with Gasteiger partial charge < -0.3 is 15.0 Å². The SMILES string of the molecule is COc1ccccc1CCNC(=O)CN(CCC(C)C)C(C)=O. The number of carbonyl (C=O) groups excluding carboxylic acids is 2. The third kappa shape index (κ3) is 7.17. The van der Waals surface area contributed by atoms with Crippen LogP contribution in [0.25, 0.3) is 0 Å². The number of nitrogens with zero attached hydrogens (tertiary/aromatic N) is 1. The lowest BCUT2D eigenvalue weighted by Gasteiger charge is -2.21. The number of benzene rings is 1. The first-order valence-corrected chi connectivity index (χ1v) is 8.08. The fourth-order valence-corrected chi connectivity index (χ4v) is 2.24. The first-order valence-electron chi connectivity index (χ1n) is 8.08. The predicted octanol–water partition coefficient (Wildman–Crippen LogP) is 2.25. The van der Waals surface area contributed by atoms with Crippen molar-refractivity contribution in [2.24, 2.45) is 5.92 Å². The number of amides is 2. The first kappa shape index (κ1) is 19.0. The molecular formula is C18H28N2O3. The van der Waals surface area contributed by atoms with Crippen molar-refractivity contribution in [2.75, 3.05) is 26.7 Å². The zero-order chi connectivity index (χ0) is 17.2. The molecular weight excluding hydrogens is 292 g/mol. The molecule has 0 aliphatic carbocycles. The molecule has 1 N–H and O–H groups in total. The molecule has 128 valence electrons. The molecule has 1 aromatic rings. The Hall–Kier alpha value is -2.04. The van der Waals surface area contributed by atoms with Gasteiger partial charge in [0.2, 0.25) is 11.8 Å². The summed E-state index contributed by atoms with van der Waals surface area (Å²) < 4.78 is 5.29. The molecule has 0 bridgehead atoms. The maximum absolute atomic E-state index is 12.0. The zero-order valence-corrected chi connectivity index (χ0v) is 14.6. The lowest BCUT2D eigenvalue weighted by atomic mass is 10.1. The number of methoxy groups -OCH3 is 1. The standard InChI is InChI=1S/C18H28N2O3/c1-14(2)10-12-20(15(3)21)13-18(22)19-11-9-16-7-5-6-8-17(16)23-4/h5-8,14H,9-13H2,1-4H3,(H,19,22). The predicted molar refractivity (Wildman–Crippen MR) is 91.4 cm³/mol. The highest BCUT2D eigenvalue weighted by Crippen LogP contribution is 2.17. The van der Waals surface area contributed by atoms with Crippen LogP contribution >= 0.6 is 0 Å². The molecule has 1 rings (SSSR count). The summed E-state index contributed by atoms with van der Waals surface area (Å²) >= 11 is 0. The minimum Gasteiger partial charge on any atom is -0.496 e. The molecule has 0 aliphatic rings. The van der Waals surface area contributed by atoms with Crippen LogP contribution in [-0.2, 0) is 16.0 Å². The number of hydrogen-bond donors (Lipinski definition) is 1. The van der Waals surface area contributed by atoms with E-state index in [-0.39, 0.29) is 18.4 Å². The van der Waals surface area contributed by atoms with Crippen molar-refractivity contribution >= 4 is 11.8 Å². The van der Waals surface area contributed by atoms with Crippen LogP contribution in [0.3, 0.4) is 0 Å². The van der Waals surface area contributed by atoms with Crippen molar-refractivity contribution in [3.8, 4) is 5.75 Å². The number of para-hydroxylation sites is 1. The Balaban J connectivity index is 2.41. The highest BCUT2D eigenvalue weighted by atomic mass is 16.5. The smallest absolute Gasteiger partial charge is 0.239 e. The van der Waals surface area contributed by atoms with E-state index in [9.17, 15) is 9.59 Å². The normalized spacial score (nSPS) is 10.5. The monoisotopic (exact) mass is 320 g/mol. The van der Waals surface area contributed by atoms with E-state index < -0.39 is 0 Å². The maximum Gasteiger partial charge on any atom is 0.239 e.